The smallest absolute Gasteiger partial charge is 0.434 e. The van der Waals surface area contributed by atoms with Gasteiger partial charge in [0.15, 0.2) is 10.5 Å². The summed E-state index contributed by atoms with van der Waals surface area (Å²) in [5, 5.41) is 0.889. The number of halogens is 5. The van der Waals surface area contributed by atoms with Crippen LogP contribution in [0.25, 0.3) is 17.4 Å². The van der Waals surface area contributed by atoms with Crippen LogP contribution in [0.5, 0.6) is 0 Å². The number of esters is 1. The standard InChI is InChI=1S/C27H17Cl2F3N2O4S/c1-2-37-25(36)21-22(15-5-9-17(29)10-6-15)34-24(35)20(39-26(34)33-23(21)27(30,31)32)13-18-11-12-19(38-18)14-3-7-16(28)8-4-14/h3-13,22H,2H2,1H3/b20-13-/t22-/m1/s1. The number of fused-ring (bicyclic) bond motifs is 1. The van der Waals surface area contributed by atoms with E-state index in [0.717, 1.165) is 21.5 Å². The van der Waals surface area contributed by atoms with Crippen molar-refractivity contribution in [2.75, 3.05) is 6.61 Å². The van der Waals surface area contributed by atoms with E-state index in [2.05, 4.69) is 4.99 Å². The second-order valence-electron chi connectivity index (χ2n) is 8.32. The van der Waals surface area contributed by atoms with Gasteiger partial charge >= 0.3 is 12.1 Å². The predicted octanol–water partition coefficient (Wildman–Crippen LogP) is 5.91. The second-order valence-corrected chi connectivity index (χ2v) is 10.2. The minimum atomic E-state index is -4.99. The highest BCUT2D eigenvalue weighted by Gasteiger charge is 2.45. The Bertz CT molecular complexity index is 1770. The third-order valence-corrected chi connectivity index (χ3v) is 7.30. The zero-order valence-electron chi connectivity index (χ0n) is 20.0. The fourth-order valence-electron chi connectivity index (χ4n) is 4.13. The normalized spacial score (nSPS) is 15.7. The summed E-state index contributed by atoms with van der Waals surface area (Å²) in [6.07, 6.45) is -3.57. The van der Waals surface area contributed by atoms with Gasteiger partial charge in [-0.05, 0) is 61.0 Å². The van der Waals surface area contributed by atoms with Gasteiger partial charge in [-0.25, -0.2) is 9.79 Å². The summed E-state index contributed by atoms with van der Waals surface area (Å²) in [6.45, 7) is 1.31. The summed E-state index contributed by atoms with van der Waals surface area (Å²) in [6, 6.07) is 14.6. The van der Waals surface area contributed by atoms with Crippen molar-refractivity contribution in [3.63, 3.8) is 0 Å². The first-order valence-corrected chi connectivity index (χ1v) is 13.1. The van der Waals surface area contributed by atoms with Gasteiger partial charge in [-0.2, -0.15) is 13.2 Å². The Morgan fingerprint density at radius 3 is 2.33 bits per heavy atom. The highest BCUT2D eigenvalue weighted by molar-refractivity contribution is 7.07. The average Bonchev–Trinajstić information content (AvgIpc) is 3.48. The molecule has 1 aliphatic heterocycles. The molecule has 3 heterocycles. The number of thiazole rings is 1. The Labute approximate surface area is 232 Å². The Morgan fingerprint density at radius 2 is 1.72 bits per heavy atom. The van der Waals surface area contributed by atoms with Crippen molar-refractivity contribution in [2.24, 2.45) is 4.99 Å². The number of alkyl halides is 3. The van der Waals surface area contributed by atoms with E-state index in [0.29, 0.717) is 21.6 Å². The number of carbonyl (C=O) groups is 1. The molecule has 2 aromatic heterocycles. The summed E-state index contributed by atoms with van der Waals surface area (Å²) >= 11 is 12.7. The fourth-order valence-corrected chi connectivity index (χ4v) is 5.36. The van der Waals surface area contributed by atoms with Crippen LogP contribution >= 0.6 is 34.5 Å². The van der Waals surface area contributed by atoms with Gasteiger partial charge in [-0.15, -0.1) is 0 Å². The molecule has 6 nitrogen and oxygen atoms in total. The molecule has 39 heavy (non-hydrogen) atoms. The molecule has 1 aliphatic rings. The molecular weight excluding hydrogens is 576 g/mol. The Morgan fingerprint density at radius 1 is 1.08 bits per heavy atom. The number of hydrogen-bond acceptors (Lipinski definition) is 6. The second kappa shape index (κ2) is 10.5. The van der Waals surface area contributed by atoms with E-state index in [4.69, 9.17) is 32.4 Å². The van der Waals surface area contributed by atoms with Crippen LogP contribution in [0.4, 0.5) is 13.2 Å². The van der Waals surface area contributed by atoms with Crippen LogP contribution in [-0.4, -0.2) is 23.3 Å². The molecule has 0 aliphatic carbocycles. The maximum Gasteiger partial charge on any atom is 0.434 e. The first kappa shape index (κ1) is 27.0. The molecule has 0 saturated heterocycles. The van der Waals surface area contributed by atoms with Gasteiger partial charge in [-0.3, -0.25) is 9.36 Å². The summed E-state index contributed by atoms with van der Waals surface area (Å²) in [7, 11) is 0. The molecule has 4 aromatic rings. The Balaban J connectivity index is 1.70. The van der Waals surface area contributed by atoms with Gasteiger partial charge in [0.1, 0.15) is 11.5 Å². The molecule has 0 spiro atoms. The highest BCUT2D eigenvalue weighted by Crippen LogP contribution is 2.38. The summed E-state index contributed by atoms with van der Waals surface area (Å²) in [5.41, 5.74) is -1.87. The number of rotatable bonds is 5. The average molecular weight is 593 g/mol. The van der Waals surface area contributed by atoms with Gasteiger partial charge in [0.25, 0.3) is 5.56 Å². The SMILES string of the molecule is CCOC(=O)C1=C(C(F)(F)F)N=c2s/c(=C\c3ccc(-c4ccc(Cl)cc4)o3)c(=O)n2[C@@H]1c1ccc(Cl)cc1. The lowest BCUT2D eigenvalue weighted by Gasteiger charge is -2.26. The summed E-state index contributed by atoms with van der Waals surface area (Å²) < 4.78 is 54.5. The molecule has 5 rings (SSSR count). The first-order valence-electron chi connectivity index (χ1n) is 11.5. The van der Waals surface area contributed by atoms with E-state index < -0.39 is 35.0 Å². The molecular formula is C27H17Cl2F3N2O4S. The molecule has 0 fully saturated rings. The van der Waals surface area contributed by atoms with Gasteiger partial charge in [0.2, 0.25) is 0 Å². The number of nitrogens with zero attached hydrogens (tertiary/aromatic N) is 2. The van der Waals surface area contributed by atoms with E-state index in [9.17, 15) is 22.8 Å². The zero-order valence-corrected chi connectivity index (χ0v) is 22.3. The first-order chi connectivity index (χ1) is 18.6. The van der Waals surface area contributed by atoms with Crippen molar-refractivity contribution >= 4 is 46.6 Å². The summed E-state index contributed by atoms with van der Waals surface area (Å²) in [5.74, 6) is -0.413. The van der Waals surface area contributed by atoms with E-state index >= 15 is 0 Å². The minimum Gasteiger partial charge on any atom is -0.463 e. The molecule has 0 bridgehead atoms. The number of furan rings is 1. The number of aromatic nitrogens is 1. The van der Waals surface area contributed by atoms with Crippen LogP contribution in [0.15, 0.2) is 86.1 Å². The molecule has 0 saturated carbocycles. The molecule has 1 atom stereocenters. The molecule has 0 N–H and O–H groups in total. The highest BCUT2D eigenvalue weighted by atomic mass is 35.5. The van der Waals surface area contributed by atoms with Gasteiger partial charge in [0, 0.05) is 21.7 Å². The van der Waals surface area contributed by atoms with E-state index in [1.165, 1.54) is 37.3 Å². The summed E-state index contributed by atoms with van der Waals surface area (Å²) in [4.78, 5) is 30.0. The minimum absolute atomic E-state index is 0.0661. The number of allylic oxidation sites excluding steroid dienone is 1. The van der Waals surface area contributed by atoms with Crippen molar-refractivity contribution in [2.45, 2.75) is 19.1 Å². The van der Waals surface area contributed by atoms with E-state index in [1.807, 2.05) is 0 Å². The quantitative estimate of drug-likeness (QED) is 0.270. The topological polar surface area (TPSA) is 73.8 Å². The van der Waals surface area contributed by atoms with Crippen LogP contribution in [0.3, 0.4) is 0 Å². The van der Waals surface area contributed by atoms with Crippen molar-refractivity contribution in [3.8, 4) is 11.3 Å². The number of hydrogen-bond donors (Lipinski definition) is 0. The van der Waals surface area contributed by atoms with Gasteiger partial charge in [0.05, 0.1) is 22.8 Å². The van der Waals surface area contributed by atoms with Crippen molar-refractivity contribution in [3.05, 3.63) is 113 Å². The van der Waals surface area contributed by atoms with Crippen LogP contribution < -0.4 is 14.9 Å². The van der Waals surface area contributed by atoms with Crippen molar-refractivity contribution < 1.29 is 27.1 Å². The van der Waals surface area contributed by atoms with Crippen molar-refractivity contribution in [1.82, 2.24) is 4.57 Å². The van der Waals surface area contributed by atoms with Crippen LogP contribution in [0.1, 0.15) is 24.3 Å². The monoisotopic (exact) mass is 592 g/mol. The van der Waals surface area contributed by atoms with Crippen LogP contribution in [0, 0.1) is 0 Å². The molecule has 2 aromatic carbocycles. The zero-order chi connectivity index (χ0) is 27.9. The van der Waals surface area contributed by atoms with Crippen LogP contribution in [0.2, 0.25) is 10.0 Å². The lowest BCUT2D eigenvalue weighted by atomic mass is 9.95. The maximum absolute atomic E-state index is 14.2. The largest absolute Gasteiger partial charge is 0.463 e. The lowest BCUT2D eigenvalue weighted by molar-refractivity contribution is -0.140. The number of ether oxygens (including phenoxy) is 1. The number of benzene rings is 2. The van der Waals surface area contributed by atoms with Crippen molar-refractivity contribution in [1.29, 1.82) is 0 Å². The van der Waals surface area contributed by atoms with E-state index in [-0.39, 0.29) is 21.5 Å². The lowest BCUT2D eigenvalue weighted by Crippen LogP contribution is -2.41. The van der Waals surface area contributed by atoms with E-state index in [1.54, 1.807) is 36.4 Å². The Hall–Kier alpha value is -3.60. The van der Waals surface area contributed by atoms with Crippen LogP contribution in [-0.2, 0) is 9.53 Å². The predicted molar refractivity (Wildman–Crippen MR) is 141 cm³/mol. The number of carbonyl (C=O) groups excluding carboxylic acids is 1. The third kappa shape index (κ3) is 5.32. The molecule has 0 amide bonds. The molecule has 0 unspecified atom stereocenters. The third-order valence-electron chi connectivity index (χ3n) is 5.81. The molecule has 0 radical (unpaired) electrons. The Kier molecular flexibility index (Phi) is 7.28. The fraction of sp³-hybridized carbons (Fsp3) is 0.148. The van der Waals surface area contributed by atoms with Gasteiger partial charge in [-0.1, -0.05) is 46.7 Å². The molecule has 200 valence electrons. The van der Waals surface area contributed by atoms with Gasteiger partial charge < -0.3 is 9.15 Å². The molecule has 12 heteroatoms. The maximum atomic E-state index is 14.2.